The Morgan fingerprint density at radius 1 is 0.169 bits per heavy atom. The van der Waals surface area contributed by atoms with E-state index in [2.05, 4.69) is 237 Å². The van der Waals surface area contributed by atoms with Crippen LogP contribution in [0.25, 0.3) is 266 Å². The van der Waals surface area contributed by atoms with Crippen LogP contribution < -0.4 is 0 Å². The zero-order valence-corrected chi connectivity index (χ0v) is 73.6. The van der Waals surface area contributed by atoms with E-state index in [1.165, 1.54) is 20.2 Å². The Morgan fingerprint density at radius 2 is 0.478 bits per heavy atom. The smallest absolute Gasteiger partial charge is 0.228 e. The molecule has 7 aromatic heterocycles. The van der Waals surface area contributed by atoms with Crippen LogP contribution in [-0.2, 0) is 0 Å². The van der Waals surface area contributed by atoms with Gasteiger partial charge in [-0.15, -0.1) is 11.3 Å². The van der Waals surface area contributed by atoms with E-state index >= 15 is 0 Å². The van der Waals surface area contributed by atoms with Crippen LogP contribution in [0.4, 0.5) is 0 Å². The molecule has 0 aliphatic rings. The number of rotatable bonds is 13. The SMILES string of the molecule is c1ccc(-c2cc(-c3ccccc3)nc(-c3ccc4c(ccc5ccc6oc(-c7cccc8c7sc7ccccc78)nc6c54)c3)n2)cc1.c1ccc(-c2cc(-c3ccccc3)nc(-c3cccc(-c4ccc5c(ccc6ccc7oc(-c8ccccc8)nc7c65)c4)c3)n2)cc1.c1ccc(-c2nc(-c3ccccc3)nc(-c3ccc4ccc5ccc6oc(-c7ccccc7)nc6c5c4c3)n2)cc1. The van der Waals surface area contributed by atoms with E-state index in [1.807, 2.05) is 212 Å². The summed E-state index contributed by atoms with van der Waals surface area (Å²) in [5, 5.41) is 15.8. The Morgan fingerprint density at radius 3 is 0.956 bits per heavy atom. The molecule has 27 rings (SSSR count). The number of thiophene rings is 1. The van der Waals surface area contributed by atoms with Crippen molar-refractivity contribution in [2.24, 2.45) is 0 Å². The molecule has 0 atom stereocenters. The largest absolute Gasteiger partial charge is 0.436 e. The summed E-state index contributed by atoms with van der Waals surface area (Å²) >= 11 is 1.79. The number of aromatic nitrogens is 10. The molecule has 13 nitrogen and oxygen atoms in total. The fourth-order valence-corrected chi connectivity index (χ4v) is 19.7. The average Bonchev–Trinajstić information content (AvgIpc) is 1.57. The van der Waals surface area contributed by atoms with E-state index in [0.29, 0.717) is 46.8 Å². The Bertz CT molecular complexity index is 9120. The van der Waals surface area contributed by atoms with Gasteiger partial charge in [0.1, 0.15) is 16.6 Å². The summed E-state index contributed by atoms with van der Waals surface area (Å²) in [6.45, 7) is 0. The van der Waals surface area contributed by atoms with E-state index in [0.717, 1.165) is 199 Å². The Balaban J connectivity index is 0.000000109. The van der Waals surface area contributed by atoms with Crippen LogP contribution in [0.1, 0.15) is 0 Å². The molecule has 0 radical (unpaired) electrons. The van der Waals surface area contributed by atoms with Crippen molar-refractivity contribution in [1.29, 1.82) is 0 Å². The maximum absolute atomic E-state index is 6.49. The summed E-state index contributed by atoms with van der Waals surface area (Å²) in [5.41, 5.74) is 22.6. The van der Waals surface area contributed by atoms with Gasteiger partial charge < -0.3 is 13.3 Å². The molecule has 0 saturated heterocycles. The molecule has 0 saturated carbocycles. The lowest BCUT2D eigenvalue weighted by atomic mass is 9.96. The van der Waals surface area contributed by atoms with E-state index in [-0.39, 0.29) is 0 Å². The number of fused-ring (bicyclic) bond motifs is 18. The summed E-state index contributed by atoms with van der Waals surface area (Å²) in [6.07, 6.45) is 0. The van der Waals surface area contributed by atoms with Gasteiger partial charge in [0, 0.05) is 97.5 Å². The van der Waals surface area contributed by atoms with Crippen LogP contribution >= 0.6 is 11.3 Å². The third-order valence-corrected chi connectivity index (χ3v) is 26.4. The first-order chi connectivity index (χ1) is 67.3. The van der Waals surface area contributed by atoms with E-state index in [4.69, 9.17) is 63.1 Å². The van der Waals surface area contributed by atoms with Gasteiger partial charge in [-0.2, -0.15) is 0 Å². The first kappa shape index (κ1) is 79.9. The van der Waals surface area contributed by atoms with Crippen LogP contribution in [0.2, 0.25) is 0 Å². The highest BCUT2D eigenvalue weighted by molar-refractivity contribution is 7.26. The molecule has 0 amide bonds. The second-order valence-corrected chi connectivity index (χ2v) is 34.7. The molecular weight excluding hydrogens is 1690 g/mol. The van der Waals surface area contributed by atoms with E-state index in [9.17, 15) is 0 Å². The zero-order chi connectivity index (χ0) is 89.9. The van der Waals surface area contributed by atoms with Gasteiger partial charge in [0.2, 0.25) is 17.7 Å². The molecule has 636 valence electrons. The van der Waals surface area contributed by atoms with E-state index < -0.39 is 0 Å². The fourth-order valence-electron chi connectivity index (χ4n) is 18.5. The predicted molar refractivity (Wildman–Crippen MR) is 555 cm³/mol. The van der Waals surface area contributed by atoms with Gasteiger partial charge in [-0.1, -0.05) is 358 Å². The molecule has 0 fully saturated rings. The molecule has 0 aliphatic carbocycles. The van der Waals surface area contributed by atoms with Gasteiger partial charge in [-0.25, -0.2) is 49.8 Å². The van der Waals surface area contributed by atoms with Gasteiger partial charge in [-0.05, 0) is 151 Å². The third-order valence-electron chi connectivity index (χ3n) is 25.1. The number of nitrogens with zero attached hydrogens (tertiary/aromatic N) is 10. The van der Waals surface area contributed by atoms with Crippen molar-refractivity contribution in [2.75, 3.05) is 0 Å². The normalized spacial score (nSPS) is 11.5. The summed E-state index contributed by atoms with van der Waals surface area (Å²) < 4.78 is 21.4. The van der Waals surface area contributed by atoms with Gasteiger partial charge in [0.05, 0.1) is 28.3 Å². The van der Waals surface area contributed by atoms with Gasteiger partial charge in [0.15, 0.2) is 45.9 Å². The highest BCUT2D eigenvalue weighted by Crippen LogP contribution is 2.45. The first-order valence-electron chi connectivity index (χ1n) is 45.1. The molecular formula is C122H74N10O3S. The first-order valence-corrected chi connectivity index (χ1v) is 45.9. The lowest BCUT2D eigenvalue weighted by Crippen LogP contribution is -2.00. The van der Waals surface area contributed by atoms with Crippen molar-refractivity contribution in [2.45, 2.75) is 0 Å². The predicted octanol–water partition coefficient (Wildman–Crippen LogP) is 32.2. The highest BCUT2D eigenvalue weighted by atomic mass is 32.1. The minimum absolute atomic E-state index is 0.610. The average molecular weight is 1760 g/mol. The molecule has 0 spiro atoms. The minimum atomic E-state index is 0.610. The standard InChI is InChI=1S/C43H25N3OS.C43H27N3O.C36H22N4O/c1-3-10-26(11-4-1)35-25-36(27-12-5-2-6-13-27)45-42(44-35)30-20-22-31-29(24-30)19-18-28-21-23-37-40(39(28)31)46-43(47-37)34-16-9-15-33-32-14-7-8-17-38(32)48-41(33)34;1-4-11-28(12-5-1)37-27-38(29-13-6-2-7-14-29)45-42(44-37)35-18-10-17-32(26-35)33-21-23-36-34(25-33)20-19-30-22-24-39-41(40(30)36)46-43(47-39)31-15-8-3-9-16-31;1-4-10-25(11-5-1)33-38-34(26-12-6-2-7-13-26)40-35(39-33)28-19-17-23-16-18-24-20-21-30-32(31(24)29(23)22-28)37-36(41-30)27-14-8-3-9-15-27/h1-25H;1-27H;1-22H. The summed E-state index contributed by atoms with van der Waals surface area (Å²) in [5.74, 6) is 5.16. The second kappa shape index (κ2) is 34.2. The monoisotopic (exact) mass is 1760 g/mol. The molecule has 0 aliphatic heterocycles. The van der Waals surface area contributed by atoms with Crippen molar-refractivity contribution in [3.05, 3.63) is 449 Å². The zero-order valence-electron chi connectivity index (χ0n) is 72.8. The third kappa shape index (κ3) is 15.1. The second-order valence-electron chi connectivity index (χ2n) is 33.6. The molecule has 20 aromatic carbocycles. The molecule has 0 N–H and O–H groups in total. The van der Waals surface area contributed by atoms with Crippen molar-refractivity contribution >= 4 is 129 Å². The van der Waals surface area contributed by atoms with Crippen molar-refractivity contribution in [1.82, 2.24) is 49.8 Å². The van der Waals surface area contributed by atoms with Crippen LogP contribution in [0.3, 0.4) is 0 Å². The van der Waals surface area contributed by atoms with Crippen molar-refractivity contribution < 1.29 is 13.3 Å². The lowest BCUT2D eigenvalue weighted by Gasteiger charge is -2.11. The summed E-state index contributed by atoms with van der Waals surface area (Å²) in [6, 6.07) is 154. The Kier molecular flexibility index (Phi) is 20.1. The fraction of sp³-hybridized carbons (Fsp3) is 0. The quantitative estimate of drug-likeness (QED) is 0.100. The van der Waals surface area contributed by atoms with Gasteiger partial charge in [0.25, 0.3) is 0 Å². The number of benzene rings is 20. The molecule has 136 heavy (non-hydrogen) atoms. The van der Waals surface area contributed by atoms with Crippen molar-refractivity contribution in [3.8, 4) is 147 Å². The topological polar surface area (TPSA) is 168 Å². The van der Waals surface area contributed by atoms with Crippen molar-refractivity contribution in [3.63, 3.8) is 0 Å². The van der Waals surface area contributed by atoms with Gasteiger partial charge >= 0.3 is 0 Å². The molecule has 27 aromatic rings. The molecule has 0 bridgehead atoms. The summed E-state index contributed by atoms with van der Waals surface area (Å²) in [4.78, 5) is 50.0. The maximum atomic E-state index is 6.49. The van der Waals surface area contributed by atoms with Crippen LogP contribution in [0.15, 0.2) is 462 Å². The summed E-state index contributed by atoms with van der Waals surface area (Å²) in [7, 11) is 0. The Labute approximate surface area is 783 Å². The van der Waals surface area contributed by atoms with Gasteiger partial charge in [-0.3, -0.25) is 0 Å². The van der Waals surface area contributed by atoms with E-state index in [1.54, 1.807) is 11.3 Å². The van der Waals surface area contributed by atoms with Crippen LogP contribution in [-0.4, -0.2) is 49.8 Å². The highest BCUT2D eigenvalue weighted by Gasteiger charge is 2.24. The number of hydrogen-bond donors (Lipinski definition) is 0. The lowest BCUT2D eigenvalue weighted by molar-refractivity contribution is 0.619. The number of hydrogen-bond acceptors (Lipinski definition) is 14. The Hall–Kier alpha value is -18.2. The molecule has 14 heteroatoms. The molecule has 7 heterocycles. The molecule has 0 unspecified atom stereocenters. The van der Waals surface area contributed by atoms with Crippen LogP contribution in [0, 0.1) is 0 Å². The maximum Gasteiger partial charge on any atom is 0.228 e. The minimum Gasteiger partial charge on any atom is -0.436 e. The van der Waals surface area contributed by atoms with Crippen LogP contribution in [0.5, 0.6) is 0 Å². The number of oxazole rings is 3.